The summed E-state index contributed by atoms with van der Waals surface area (Å²) in [5.41, 5.74) is 5.75. The molecule has 2 amide bonds. The first-order valence-corrected chi connectivity index (χ1v) is 16.3. The molecule has 2 aliphatic rings. The molecule has 1 unspecified atom stereocenters. The first-order chi connectivity index (χ1) is 23.0. The van der Waals surface area contributed by atoms with E-state index in [-0.39, 0.29) is 38.4 Å². The summed E-state index contributed by atoms with van der Waals surface area (Å²) in [6.07, 6.45) is 1.91. The zero-order valence-electron chi connectivity index (χ0n) is 26.2. The van der Waals surface area contributed by atoms with Gasteiger partial charge in [-0.3, -0.25) is 4.79 Å². The summed E-state index contributed by atoms with van der Waals surface area (Å²) in [7, 11) is 1.00. The SMILES string of the molecule is C=CC(=O)N1CCC(OC(=O)NCCOCCOc2cc(F)ccc2-c2nnc(-c3ccc4c(c3)CCNC4)c3ccsc23)C1.CO. The van der Waals surface area contributed by atoms with Crippen LogP contribution < -0.4 is 15.4 Å². The van der Waals surface area contributed by atoms with Gasteiger partial charge in [0.2, 0.25) is 5.91 Å². The molecule has 6 rings (SSSR count). The van der Waals surface area contributed by atoms with Crippen LogP contribution in [0.3, 0.4) is 0 Å². The lowest BCUT2D eigenvalue weighted by Crippen LogP contribution is -2.34. The van der Waals surface area contributed by atoms with E-state index >= 15 is 0 Å². The Kier molecular flexibility index (Phi) is 11.8. The number of benzene rings is 2. The van der Waals surface area contributed by atoms with Crippen molar-refractivity contribution < 1.29 is 33.3 Å². The number of aromatic nitrogens is 2. The van der Waals surface area contributed by atoms with Gasteiger partial charge in [0.25, 0.3) is 0 Å². The van der Waals surface area contributed by atoms with Crippen molar-refractivity contribution in [2.24, 2.45) is 0 Å². The zero-order chi connectivity index (χ0) is 33.2. The van der Waals surface area contributed by atoms with Crippen molar-refractivity contribution in [1.29, 1.82) is 0 Å². The topological polar surface area (TPSA) is 135 Å². The summed E-state index contributed by atoms with van der Waals surface area (Å²) in [6.45, 7) is 7.06. The van der Waals surface area contributed by atoms with Crippen LogP contribution in [-0.4, -0.2) is 91.4 Å². The number of halogens is 1. The summed E-state index contributed by atoms with van der Waals surface area (Å²) in [6, 6.07) is 12.9. The molecule has 11 nitrogen and oxygen atoms in total. The monoisotopic (exact) mass is 663 g/mol. The molecule has 1 atom stereocenters. The molecule has 3 N–H and O–H groups in total. The minimum atomic E-state index is -0.562. The maximum Gasteiger partial charge on any atom is 0.407 e. The van der Waals surface area contributed by atoms with E-state index in [0.717, 1.165) is 48.0 Å². The predicted octanol–water partition coefficient (Wildman–Crippen LogP) is 4.33. The van der Waals surface area contributed by atoms with Gasteiger partial charge in [-0.15, -0.1) is 21.5 Å². The molecule has 4 aromatic rings. The predicted molar refractivity (Wildman–Crippen MR) is 178 cm³/mol. The number of aliphatic hydroxyl groups is 1. The fraction of sp³-hybridized carbons (Fsp3) is 0.353. The second-order valence-corrected chi connectivity index (χ2v) is 11.7. The third kappa shape index (κ3) is 8.30. The number of rotatable bonds is 11. The molecule has 1 fully saturated rings. The van der Waals surface area contributed by atoms with Crippen molar-refractivity contribution in [2.45, 2.75) is 25.5 Å². The fourth-order valence-electron chi connectivity index (χ4n) is 5.59. The number of amides is 2. The Bertz CT molecular complexity index is 1720. The molecule has 1 saturated heterocycles. The summed E-state index contributed by atoms with van der Waals surface area (Å²) in [5.74, 6) is -0.252. The first kappa shape index (κ1) is 33.9. The number of nitrogens with one attached hydrogen (secondary N) is 2. The van der Waals surface area contributed by atoms with E-state index in [1.54, 1.807) is 22.3 Å². The molecule has 13 heteroatoms. The number of nitrogens with zero attached hydrogens (tertiary/aromatic N) is 3. The highest BCUT2D eigenvalue weighted by molar-refractivity contribution is 7.17. The highest BCUT2D eigenvalue weighted by Crippen LogP contribution is 2.39. The molecule has 0 radical (unpaired) electrons. The van der Waals surface area contributed by atoms with E-state index in [0.29, 0.717) is 36.5 Å². The standard InChI is InChI=1S/C33H34FN5O5S.CH4O/c1-2-29(40)39-12-8-25(20-39)44-33(41)36-11-13-42-14-15-43-28-18-24(34)5-6-26(28)31-32-27(9-16-45-32)30(37-38-31)22-3-4-23-19-35-10-7-21(23)17-22;1-2/h2-6,9,16-18,25,35H,1,7-8,10-15,19-20H2,(H,36,41);2H,1H3. The number of aliphatic hydroxyl groups excluding tert-OH is 1. The summed E-state index contributed by atoms with van der Waals surface area (Å²) >= 11 is 1.56. The average Bonchev–Trinajstić information content (AvgIpc) is 3.79. The van der Waals surface area contributed by atoms with Crippen molar-refractivity contribution in [1.82, 2.24) is 25.7 Å². The number of hydrogen-bond donors (Lipinski definition) is 3. The van der Waals surface area contributed by atoms with Gasteiger partial charge in [0, 0.05) is 55.7 Å². The number of thiophene rings is 1. The van der Waals surface area contributed by atoms with Crippen molar-refractivity contribution in [3.05, 3.63) is 77.4 Å². The number of alkyl carbamates (subject to hydrolysis) is 1. The number of carbonyl (C=O) groups excluding carboxylic acids is 2. The minimum Gasteiger partial charge on any atom is -0.490 e. The van der Waals surface area contributed by atoms with Gasteiger partial charge in [-0.1, -0.05) is 18.7 Å². The second-order valence-electron chi connectivity index (χ2n) is 10.8. The van der Waals surface area contributed by atoms with Gasteiger partial charge in [0.05, 0.1) is 24.5 Å². The Morgan fingerprint density at radius 2 is 1.98 bits per heavy atom. The molecule has 0 bridgehead atoms. The Balaban J connectivity index is 0.00000213. The third-order valence-corrected chi connectivity index (χ3v) is 8.78. The van der Waals surface area contributed by atoms with Crippen molar-refractivity contribution >= 4 is 33.4 Å². The minimum absolute atomic E-state index is 0.166. The summed E-state index contributed by atoms with van der Waals surface area (Å²) < 4.78 is 32.1. The van der Waals surface area contributed by atoms with Crippen LogP contribution in [0.1, 0.15) is 17.5 Å². The van der Waals surface area contributed by atoms with E-state index in [1.807, 2.05) is 11.4 Å². The molecule has 2 aromatic heterocycles. The number of hydrogen-bond acceptors (Lipinski definition) is 10. The quantitative estimate of drug-likeness (QED) is 0.158. The molecule has 47 heavy (non-hydrogen) atoms. The Hall–Kier alpha value is -4.43. The Morgan fingerprint density at radius 3 is 2.83 bits per heavy atom. The van der Waals surface area contributed by atoms with E-state index in [1.165, 1.54) is 29.3 Å². The van der Waals surface area contributed by atoms with Crippen LogP contribution in [0.5, 0.6) is 5.75 Å². The molecule has 0 saturated carbocycles. The van der Waals surface area contributed by atoms with Crippen LogP contribution in [0.15, 0.2) is 60.5 Å². The molecule has 0 aliphatic carbocycles. The highest BCUT2D eigenvalue weighted by Gasteiger charge is 2.27. The lowest BCUT2D eigenvalue weighted by Gasteiger charge is -2.18. The van der Waals surface area contributed by atoms with Gasteiger partial charge >= 0.3 is 6.09 Å². The van der Waals surface area contributed by atoms with E-state index in [4.69, 9.17) is 19.3 Å². The molecule has 0 spiro atoms. The Labute approximate surface area is 276 Å². The Morgan fingerprint density at radius 1 is 1.13 bits per heavy atom. The van der Waals surface area contributed by atoms with Crippen LogP contribution in [0.2, 0.25) is 0 Å². The van der Waals surface area contributed by atoms with E-state index in [2.05, 4.69) is 45.6 Å². The smallest absolute Gasteiger partial charge is 0.407 e. The lowest BCUT2D eigenvalue weighted by molar-refractivity contribution is -0.125. The van der Waals surface area contributed by atoms with Crippen LogP contribution in [0.4, 0.5) is 9.18 Å². The van der Waals surface area contributed by atoms with Crippen molar-refractivity contribution in [3.8, 4) is 28.3 Å². The van der Waals surface area contributed by atoms with E-state index < -0.39 is 11.9 Å². The zero-order valence-corrected chi connectivity index (χ0v) is 27.0. The third-order valence-electron chi connectivity index (χ3n) is 7.86. The molecular formula is C34H38FN5O6S. The largest absolute Gasteiger partial charge is 0.490 e. The summed E-state index contributed by atoms with van der Waals surface area (Å²) in [5, 5.41) is 25.3. The molecule has 2 aliphatic heterocycles. The highest BCUT2D eigenvalue weighted by atomic mass is 32.1. The van der Waals surface area contributed by atoms with Crippen LogP contribution in [0, 0.1) is 5.82 Å². The van der Waals surface area contributed by atoms with Crippen LogP contribution in [-0.2, 0) is 27.2 Å². The maximum atomic E-state index is 14.3. The molecular weight excluding hydrogens is 625 g/mol. The van der Waals surface area contributed by atoms with Crippen molar-refractivity contribution in [2.75, 3.05) is 53.1 Å². The van der Waals surface area contributed by atoms with Gasteiger partial charge in [0.15, 0.2) is 0 Å². The average molecular weight is 664 g/mol. The van der Waals surface area contributed by atoms with Gasteiger partial charge in [-0.05, 0) is 59.8 Å². The normalized spacial score (nSPS) is 15.4. The second kappa shape index (κ2) is 16.4. The van der Waals surface area contributed by atoms with Gasteiger partial charge in [-0.2, -0.15) is 0 Å². The van der Waals surface area contributed by atoms with E-state index in [9.17, 15) is 14.0 Å². The molecule has 4 heterocycles. The number of ether oxygens (including phenoxy) is 3. The van der Waals surface area contributed by atoms with Crippen LogP contribution >= 0.6 is 11.3 Å². The molecule has 2 aromatic carbocycles. The number of fused-ring (bicyclic) bond motifs is 2. The number of carbonyl (C=O) groups is 2. The number of likely N-dealkylation sites (tertiary alicyclic amines) is 1. The van der Waals surface area contributed by atoms with Crippen LogP contribution in [0.25, 0.3) is 32.6 Å². The van der Waals surface area contributed by atoms with Crippen molar-refractivity contribution in [3.63, 3.8) is 0 Å². The molecule has 248 valence electrons. The summed E-state index contributed by atoms with van der Waals surface area (Å²) in [4.78, 5) is 25.3. The lowest BCUT2D eigenvalue weighted by atomic mass is 9.96. The first-order valence-electron chi connectivity index (χ1n) is 15.4. The van der Waals surface area contributed by atoms with Gasteiger partial charge in [0.1, 0.15) is 35.7 Å². The van der Waals surface area contributed by atoms with Gasteiger partial charge in [-0.25, -0.2) is 9.18 Å². The van der Waals surface area contributed by atoms with Gasteiger partial charge < -0.3 is 34.9 Å². The maximum absolute atomic E-state index is 14.3. The fourth-order valence-corrected chi connectivity index (χ4v) is 6.48.